The number of anilines is 3. The molecular formula is C64H44N2O. The Kier molecular flexibility index (Phi) is 7.95. The van der Waals surface area contributed by atoms with E-state index in [0.29, 0.717) is 0 Å². The topological polar surface area (TPSA) is 17.4 Å². The second kappa shape index (κ2) is 14.1. The molecule has 0 amide bonds. The molecule has 0 saturated heterocycles. The average Bonchev–Trinajstić information content (AvgIpc) is 3.96. The summed E-state index contributed by atoms with van der Waals surface area (Å²) in [6.07, 6.45) is 0. The molecule has 2 aliphatic carbocycles. The van der Waals surface area contributed by atoms with Gasteiger partial charge in [-0.3, -0.25) is 0 Å². The maximum absolute atomic E-state index is 7.21. The van der Waals surface area contributed by atoms with Crippen LogP contribution in [0.1, 0.15) is 47.2 Å². The van der Waals surface area contributed by atoms with Crippen molar-refractivity contribution in [1.82, 2.24) is 4.57 Å². The van der Waals surface area contributed by atoms with Crippen LogP contribution in [0.4, 0.5) is 17.1 Å². The minimum Gasteiger partial charge on any atom is -0.456 e. The number of aromatic nitrogens is 1. The largest absolute Gasteiger partial charge is 0.456 e. The van der Waals surface area contributed by atoms with Gasteiger partial charge in [0.2, 0.25) is 0 Å². The molecule has 0 saturated carbocycles. The van der Waals surface area contributed by atoms with Gasteiger partial charge in [0, 0.05) is 44.6 Å². The monoisotopic (exact) mass is 856 g/mol. The molecule has 1 spiro atoms. The molecule has 2 heterocycles. The number of para-hydroxylation sites is 3. The maximum atomic E-state index is 7.21. The first kappa shape index (κ1) is 37.9. The van der Waals surface area contributed by atoms with E-state index in [9.17, 15) is 0 Å². The minimum absolute atomic E-state index is 0.137. The van der Waals surface area contributed by atoms with Gasteiger partial charge >= 0.3 is 0 Å². The van der Waals surface area contributed by atoms with Crippen LogP contribution >= 0.6 is 0 Å². The summed E-state index contributed by atoms with van der Waals surface area (Å²) < 4.78 is 9.62. The van der Waals surface area contributed by atoms with Crippen molar-refractivity contribution in [2.24, 2.45) is 0 Å². The van der Waals surface area contributed by atoms with Crippen molar-refractivity contribution in [1.29, 1.82) is 0 Å². The molecule has 0 fully saturated rings. The Balaban J connectivity index is 0.963. The van der Waals surface area contributed by atoms with Crippen LogP contribution in [-0.4, -0.2) is 4.57 Å². The van der Waals surface area contributed by atoms with Gasteiger partial charge in [0.15, 0.2) is 0 Å². The highest BCUT2D eigenvalue weighted by Crippen LogP contribution is 2.63. The molecule has 67 heavy (non-hydrogen) atoms. The predicted octanol–water partition coefficient (Wildman–Crippen LogP) is 16.7. The first-order chi connectivity index (χ1) is 33.0. The zero-order valence-electron chi connectivity index (χ0n) is 37.2. The molecule has 1 aromatic heterocycles. The van der Waals surface area contributed by atoms with Crippen molar-refractivity contribution >= 4 is 38.9 Å². The summed E-state index contributed by atoms with van der Waals surface area (Å²) in [5.41, 5.74) is 21.2. The Morgan fingerprint density at radius 2 is 0.970 bits per heavy atom. The van der Waals surface area contributed by atoms with E-state index in [1.54, 1.807) is 0 Å². The van der Waals surface area contributed by atoms with Crippen molar-refractivity contribution in [3.8, 4) is 50.6 Å². The summed E-state index contributed by atoms with van der Waals surface area (Å²) in [6.45, 7) is 4.72. The lowest BCUT2D eigenvalue weighted by atomic mass is 9.66. The van der Waals surface area contributed by atoms with Crippen molar-refractivity contribution in [3.63, 3.8) is 0 Å². The second-order valence-electron chi connectivity index (χ2n) is 18.8. The fourth-order valence-corrected chi connectivity index (χ4v) is 12.2. The molecule has 10 aromatic carbocycles. The molecule has 3 heteroatoms. The average molecular weight is 857 g/mol. The van der Waals surface area contributed by atoms with Crippen LogP contribution in [0.25, 0.3) is 60.9 Å². The van der Waals surface area contributed by atoms with Gasteiger partial charge in [-0.15, -0.1) is 0 Å². The molecule has 3 nitrogen and oxygen atoms in total. The Bertz CT molecular complexity index is 3770. The van der Waals surface area contributed by atoms with E-state index in [4.69, 9.17) is 4.74 Å². The number of ether oxygens (including phenoxy) is 1. The first-order valence-electron chi connectivity index (χ1n) is 23.3. The van der Waals surface area contributed by atoms with Gasteiger partial charge in [-0.1, -0.05) is 184 Å². The van der Waals surface area contributed by atoms with E-state index < -0.39 is 5.41 Å². The van der Waals surface area contributed by atoms with Crippen molar-refractivity contribution in [2.75, 3.05) is 4.90 Å². The number of fused-ring (bicyclic) bond motifs is 16. The van der Waals surface area contributed by atoms with E-state index in [1.807, 2.05) is 0 Å². The van der Waals surface area contributed by atoms with Crippen LogP contribution in [0.3, 0.4) is 0 Å². The predicted molar refractivity (Wildman–Crippen MR) is 276 cm³/mol. The summed E-state index contributed by atoms with van der Waals surface area (Å²) in [7, 11) is 0. The second-order valence-corrected chi connectivity index (χ2v) is 18.8. The molecule has 0 bridgehead atoms. The zero-order chi connectivity index (χ0) is 44.4. The van der Waals surface area contributed by atoms with E-state index in [-0.39, 0.29) is 5.41 Å². The first-order valence-corrected chi connectivity index (χ1v) is 23.3. The molecule has 0 N–H and O–H groups in total. The molecule has 0 atom stereocenters. The number of hydrogen-bond donors (Lipinski definition) is 0. The van der Waals surface area contributed by atoms with Crippen LogP contribution < -0.4 is 9.64 Å². The van der Waals surface area contributed by atoms with Gasteiger partial charge < -0.3 is 14.2 Å². The number of benzene rings is 10. The molecular weight excluding hydrogens is 813 g/mol. The lowest BCUT2D eigenvalue weighted by Crippen LogP contribution is -2.32. The summed E-state index contributed by atoms with van der Waals surface area (Å²) in [4.78, 5) is 2.44. The highest BCUT2D eigenvalue weighted by atomic mass is 16.5. The standard InChI is InChI=1S/C64H44N2O/c1-63(2)51-25-11-6-21-46(51)49-37-36-44(40-56(49)63)65(57-29-15-9-20-45(57)41-18-4-3-5-19-41)42-32-34-43(35-33-42)66-58-30-16-10-24-50(58)61-59(66)39-38-55-62(61)67-60-31-17-14-28-54(60)64(55)52-26-12-7-22-47(52)48-23-8-13-27-53(48)64/h3-40H,1-2H3. The van der Waals surface area contributed by atoms with Gasteiger partial charge in [-0.2, -0.15) is 0 Å². The molecule has 0 unspecified atom stereocenters. The third-order valence-electron chi connectivity index (χ3n) is 15.1. The van der Waals surface area contributed by atoms with Gasteiger partial charge in [0.05, 0.1) is 27.5 Å². The van der Waals surface area contributed by atoms with E-state index in [1.165, 1.54) is 66.8 Å². The Morgan fingerprint density at radius 1 is 0.403 bits per heavy atom. The summed E-state index contributed by atoms with van der Waals surface area (Å²) in [6, 6.07) is 84.6. The smallest absolute Gasteiger partial charge is 0.142 e. The van der Waals surface area contributed by atoms with Crippen molar-refractivity contribution in [3.05, 3.63) is 264 Å². The Morgan fingerprint density at radius 3 is 1.72 bits per heavy atom. The molecule has 0 radical (unpaired) electrons. The molecule has 316 valence electrons. The molecule has 3 aliphatic rings. The summed E-state index contributed by atoms with van der Waals surface area (Å²) >= 11 is 0. The highest BCUT2D eigenvalue weighted by Gasteiger charge is 2.51. The lowest BCUT2D eigenvalue weighted by molar-refractivity contribution is 0.442. The minimum atomic E-state index is -0.536. The lowest BCUT2D eigenvalue weighted by Gasteiger charge is -2.39. The summed E-state index contributed by atoms with van der Waals surface area (Å²) in [5.74, 6) is 1.81. The van der Waals surface area contributed by atoms with Gasteiger partial charge in [-0.05, 0) is 111 Å². The number of rotatable bonds is 5. The van der Waals surface area contributed by atoms with Crippen LogP contribution in [0.2, 0.25) is 0 Å². The number of hydrogen-bond acceptors (Lipinski definition) is 2. The van der Waals surface area contributed by atoms with E-state index in [2.05, 4.69) is 254 Å². The van der Waals surface area contributed by atoms with Gasteiger partial charge in [-0.25, -0.2) is 0 Å². The third kappa shape index (κ3) is 5.17. The van der Waals surface area contributed by atoms with Gasteiger partial charge in [0.25, 0.3) is 0 Å². The zero-order valence-corrected chi connectivity index (χ0v) is 37.2. The molecule has 1 aliphatic heterocycles. The van der Waals surface area contributed by atoms with Gasteiger partial charge in [0.1, 0.15) is 11.5 Å². The van der Waals surface area contributed by atoms with E-state index in [0.717, 1.165) is 56.1 Å². The Labute approximate surface area is 390 Å². The van der Waals surface area contributed by atoms with Crippen molar-refractivity contribution < 1.29 is 4.74 Å². The van der Waals surface area contributed by atoms with E-state index >= 15 is 0 Å². The maximum Gasteiger partial charge on any atom is 0.142 e. The van der Waals surface area contributed by atoms with Crippen molar-refractivity contribution in [2.45, 2.75) is 24.7 Å². The van der Waals surface area contributed by atoms with Crippen LogP contribution in [0.15, 0.2) is 231 Å². The third-order valence-corrected chi connectivity index (χ3v) is 15.1. The van der Waals surface area contributed by atoms with Crippen LogP contribution in [0.5, 0.6) is 11.5 Å². The SMILES string of the molecule is CC1(C)c2ccccc2-c2ccc(N(c3ccc(-n4c5ccccc5c5c6c(ccc54)C4(c5ccccc5O6)c5ccccc5-c5ccccc54)cc3)c3ccccc3-c3ccccc3)cc21. The molecule has 14 rings (SSSR count). The fourth-order valence-electron chi connectivity index (χ4n) is 12.2. The summed E-state index contributed by atoms with van der Waals surface area (Å²) in [5, 5.41) is 2.28. The quantitative estimate of drug-likeness (QED) is 0.172. The highest BCUT2D eigenvalue weighted by molar-refractivity contribution is 6.14. The van der Waals surface area contributed by atoms with Crippen LogP contribution in [-0.2, 0) is 10.8 Å². The number of nitrogens with zero attached hydrogens (tertiary/aromatic N) is 2. The fraction of sp³-hybridized carbons (Fsp3) is 0.0625. The van der Waals surface area contributed by atoms with Crippen LogP contribution in [0, 0.1) is 0 Å². The Hall–Kier alpha value is -8.40. The normalized spacial score (nSPS) is 14.2. The molecule has 11 aromatic rings.